The highest BCUT2D eigenvalue weighted by Crippen LogP contribution is 2.31. The van der Waals surface area contributed by atoms with E-state index in [-0.39, 0.29) is 6.04 Å². The lowest BCUT2D eigenvalue weighted by molar-refractivity contribution is 0.414. The molecule has 0 bridgehead atoms. The number of hydrogen-bond acceptors (Lipinski definition) is 3. The molecule has 0 radical (unpaired) electrons. The number of rotatable bonds is 4. The van der Waals surface area contributed by atoms with E-state index in [1.807, 2.05) is 6.92 Å². The topological polar surface area (TPSA) is 38.5 Å². The van der Waals surface area contributed by atoms with E-state index in [1.165, 1.54) is 24.1 Å². The van der Waals surface area contributed by atoms with Crippen molar-refractivity contribution in [3.63, 3.8) is 0 Å². The van der Waals surface area contributed by atoms with Crippen LogP contribution in [0.4, 0.5) is 5.69 Å². The molecule has 0 aromatic heterocycles. The molecule has 1 aliphatic rings. The molecule has 1 atom stereocenters. The van der Waals surface area contributed by atoms with Crippen LogP contribution in [0.3, 0.4) is 0 Å². The van der Waals surface area contributed by atoms with Crippen LogP contribution in [0.2, 0.25) is 0 Å². The Balaban J connectivity index is 2.21. The Bertz CT molecular complexity index is 370. The first-order valence-corrected chi connectivity index (χ1v) is 6.38. The van der Waals surface area contributed by atoms with Gasteiger partial charge in [-0.15, -0.1) is 0 Å². The molecule has 0 amide bonds. The number of nitrogens with zero attached hydrogens (tertiary/aromatic N) is 1. The number of nitrogens with two attached hydrogens (primary N) is 1. The number of hydrogen-bond donors (Lipinski definition) is 1. The van der Waals surface area contributed by atoms with E-state index in [2.05, 4.69) is 23.1 Å². The zero-order valence-corrected chi connectivity index (χ0v) is 10.8. The normalized spacial score (nSPS) is 17.2. The van der Waals surface area contributed by atoms with Crippen LogP contribution in [0.15, 0.2) is 18.2 Å². The molecule has 1 aliphatic heterocycles. The van der Waals surface area contributed by atoms with E-state index in [4.69, 9.17) is 10.5 Å². The second-order valence-corrected chi connectivity index (χ2v) is 4.88. The Morgan fingerprint density at radius 2 is 2.06 bits per heavy atom. The van der Waals surface area contributed by atoms with Gasteiger partial charge in [-0.1, -0.05) is 6.07 Å². The van der Waals surface area contributed by atoms with Crippen LogP contribution in [-0.4, -0.2) is 26.2 Å². The fourth-order valence-electron chi connectivity index (χ4n) is 2.44. The van der Waals surface area contributed by atoms with Crippen molar-refractivity contribution in [2.24, 2.45) is 5.73 Å². The third kappa shape index (κ3) is 2.91. The predicted molar refractivity (Wildman–Crippen MR) is 71.8 cm³/mol. The smallest absolute Gasteiger partial charge is 0.142 e. The Morgan fingerprint density at radius 3 is 2.65 bits per heavy atom. The van der Waals surface area contributed by atoms with Crippen molar-refractivity contribution in [2.75, 3.05) is 25.1 Å². The summed E-state index contributed by atoms with van der Waals surface area (Å²) in [5, 5.41) is 0. The van der Waals surface area contributed by atoms with E-state index >= 15 is 0 Å². The van der Waals surface area contributed by atoms with Gasteiger partial charge in [0.15, 0.2) is 0 Å². The van der Waals surface area contributed by atoms with Gasteiger partial charge in [0.2, 0.25) is 0 Å². The monoisotopic (exact) mass is 234 g/mol. The first-order valence-electron chi connectivity index (χ1n) is 6.38. The zero-order chi connectivity index (χ0) is 12.3. The molecular formula is C14H22N2O. The summed E-state index contributed by atoms with van der Waals surface area (Å²) in [6.07, 6.45) is 3.46. The molecule has 3 nitrogen and oxygen atoms in total. The van der Waals surface area contributed by atoms with Gasteiger partial charge in [-0.2, -0.15) is 0 Å². The molecule has 1 saturated heterocycles. The molecule has 3 heteroatoms. The van der Waals surface area contributed by atoms with Crippen molar-refractivity contribution in [3.8, 4) is 5.75 Å². The summed E-state index contributed by atoms with van der Waals surface area (Å²) in [6, 6.07) is 6.65. The molecule has 17 heavy (non-hydrogen) atoms. The molecule has 2 rings (SSSR count). The standard InChI is InChI=1S/C14H22N2O/c1-11(15)9-12-5-6-13(14(10-12)17-2)16-7-3-4-8-16/h5-6,10-11H,3-4,7-9,15H2,1-2H3. The van der Waals surface area contributed by atoms with E-state index in [0.717, 1.165) is 25.3 Å². The Labute approximate surface area is 104 Å². The fourth-order valence-corrected chi connectivity index (χ4v) is 2.44. The second-order valence-electron chi connectivity index (χ2n) is 4.88. The minimum atomic E-state index is 0.192. The molecule has 94 valence electrons. The highest BCUT2D eigenvalue weighted by Gasteiger charge is 2.16. The fraction of sp³-hybridized carbons (Fsp3) is 0.571. The summed E-state index contributed by atoms with van der Waals surface area (Å²) < 4.78 is 5.50. The molecule has 0 spiro atoms. The van der Waals surface area contributed by atoms with Crippen molar-refractivity contribution in [1.29, 1.82) is 0 Å². The number of benzene rings is 1. The zero-order valence-electron chi connectivity index (χ0n) is 10.8. The Hall–Kier alpha value is -1.22. The van der Waals surface area contributed by atoms with E-state index < -0.39 is 0 Å². The number of anilines is 1. The van der Waals surface area contributed by atoms with Gasteiger partial charge in [-0.05, 0) is 43.9 Å². The van der Waals surface area contributed by atoms with Gasteiger partial charge in [-0.3, -0.25) is 0 Å². The molecule has 0 saturated carbocycles. The predicted octanol–water partition coefficient (Wildman–Crippen LogP) is 2.19. The quantitative estimate of drug-likeness (QED) is 0.868. The molecule has 0 aliphatic carbocycles. The average Bonchev–Trinajstić information content (AvgIpc) is 2.81. The van der Waals surface area contributed by atoms with Gasteiger partial charge >= 0.3 is 0 Å². The molecule has 2 N–H and O–H groups in total. The Kier molecular flexibility index (Phi) is 3.89. The summed E-state index contributed by atoms with van der Waals surface area (Å²) >= 11 is 0. The minimum absolute atomic E-state index is 0.192. The maximum Gasteiger partial charge on any atom is 0.142 e. The lowest BCUT2D eigenvalue weighted by Crippen LogP contribution is -2.20. The average molecular weight is 234 g/mol. The molecule has 1 aromatic rings. The first kappa shape index (κ1) is 12.2. The summed E-state index contributed by atoms with van der Waals surface area (Å²) in [7, 11) is 1.74. The van der Waals surface area contributed by atoms with Crippen LogP contribution in [-0.2, 0) is 6.42 Å². The second kappa shape index (κ2) is 5.41. The Morgan fingerprint density at radius 1 is 1.35 bits per heavy atom. The van der Waals surface area contributed by atoms with E-state index in [0.29, 0.717) is 0 Å². The maximum absolute atomic E-state index is 5.82. The molecule has 1 heterocycles. The summed E-state index contributed by atoms with van der Waals surface area (Å²) in [5.74, 6) is 0.977. The van der Waals surface area contributed by atoms with Crippen molar-refractivity contribution in [2.45, 2.75) is 32.2 Å². The van der Waals surface area contributed by atoms with Crippen molar-refractivity contribution in [3.05, 3.63) is 23.8 Å². The highest BCUT2D eigenvalue weighted by molar-refractivity contribution is 5.60. The van der Waals surface area contributed by atoms with Crippen LogP contribution in [0.1, 0.15) is 25.3 Å². The van der Waals surface area contributed by atoms with Gasteiger partial charge in [0.1, 0.15) is 5.75 Å². The van der Waals surface area contributed by atoms with Crippen molar-refractivity contribution in [1.82, 2.24) is 0 Å². The lowest BCUT2D eigenvalue weighted by Gasteiger charge is -2.21. The van der Waals surface area contributed by atoms with Crippen LogP contribution < -0.4 is 15.4 Å². The van der Waals surface area contributed by atoms with Crippen LogP contribution >= 0.6 is 0 Å². The van der Waals surface area contributed by atoms with Gasteiger partial charge in [0.05, 0.1) is 12.8 Å². The van der Waals surface area contributed by atoms with Gasteiger partial charge in [0.25, 0.3) is 0 Å². The molecular weight excluding hydrogens is 212 g/mol. The molecule has 1 unspecified atom stereocenters. The summed E-state index contributed by atoms with van der Waals surface area (Å²) in [5.41, 5.74) is 8.30. The summed E-state index contributed by atoms with van der Waals surface area (Å²) in [6.45, 7) is 4.31. The number of ether oxygens (including phenoxy) is 1. The van der Waals surface area contributed by atoms with Gasteiger partial charge in [-0.25, -0.2) is 0 Å². The van der Waals surface area contributed by atoms with E-state index in [1.54, 1.807) is 7.11 Å². The van der Waals surface area contributed by atoms with Crippen molar-refractivity contribution >= 4 is 5.69 Å². The third-order valence-electron chi connectivity index (χ3n) is 3.25. The van der Waals surface area contributed by atoms with Gasteiger partial charge in [0, 0.05) is 19.1 Å². The SMILES string of the molecule is COc1cc(CC(C)N)ccc1N1CCCC1. The maximum atomic E-state index is 5.82. The van der Waals surface area contributed by atoms with E-state index in [9.17, 15) is 0 Å². The summed E-state index contributed by atoms with van der Waals surface area (Å²) in [4.78, 5) is 2.40. The molecule has 1 fully saturated rings. The lowest BCUT2D eigenvalue weighted by atomic mass is 10.1. The highest BCUT2D eigenvalue weighted by atomic mass is 16.5. The van der Waals surface area contributed by atoms with Crippen LogP contribution in [0, 0.1) is 0 Å². The number of methoxy groups -OCH3 is 1. The minimum Gasteiger partial charge on any atom is -0.495 e. The van der Waals surface area contributed by atoms with Crippen LogP contribution in [0.5, 0.6) is 5.75 Å². The third-order valence-corrected chi connectivity index (χ3v) is 3.25. The van der Waals surface area contributed by atoms with Gasteiger partial charge < -0.3 is 15.4 Å². The molecule has 1 aromatic carbocycles. The van der Waals surface area contributed by atoms with Crippen LogP contribution in [0.25, 0.3) is 0 Å². The largest absolute Gasteiger partial charge is 0.495 e. The first-order chi connectivity index (χ1) is 8.20. The van der Waals surface area contributed by atoms with Crippen molar-refractivity contribution < 1.29 is 4.74 Å².